The van der Waals surface area contributed by atoms with Crippen LogP contribution in [0.4, 0.5) is 5.69 Å². The van der Waals surface area contributed by atoms with Gasteiger partial charge < -0.3 is 5.73 Å². The minimum absolute atomic E-state index is 0.155. The van der Waals surface area contributed by atoms with E-state index in [1.165, 1.54) is 19.2 Å². The number of nitrogens with zero attached hydrogens (tertiary/aromatic N) is 2. The van der Waals surface area contributed by atoms with E-state index in [2.05, 4.69) is 9.82 Å². The quantitative estimate of drug-likeness (QED) is 0.799. The fraction of sp³-hybridized carbons (Fsp3) is 0.182. The van der Waals surface area contributed by atoms with E-state index in [1.54, 1.807) is 16.9 Å². The van der Waals surface area contributed by atoms with Crippen molar-refractivity contribution in [3.8, 4) is 5.69 Å². The van der Waals surface area contributed by atoms with Crippen LogP contribution in [0, 0.1) is 6.92 Å². The predicted molar refractivity (Wildman–Crippen MR) is 69.0 cm³/mol. The Hall–Kier alpha value is -1.86. The number of aryl methyl sites for hydroxylation is 1. The van der Waals surface area contributed by atoms with Crippen molar-refractivity contribution < 1.29 is 8.42 Å². The van der Waals surface area contributed by atoms with Gasteiger partial charge in [0.05, 0.1) is 22.0 Å². The number of benzene rings is 1. The molecule has 18 heavy (non-hydrogen) atoms. The van der Waals surface area contributed by atoms with Crippen molar-refractivity contribution in [3.63, 3.8) is 0 Å². The van der Waals surface area contributed by atoms with Crippen molar-refractivity contribution >= 4 is 15.7 Å². The molecule has 0 aliphatic rings. The fourth-order valence-corrected chi connectivity index (χ4v) is 2.31. The summed E-state index contributed by atoms with van der Waals surface area (Å²) in [5.41, 5.74) is 7.68. The molecule has 3 N–H and O–H groups in total. The zero-order chi connectivity index (χ0) is 13.3. The smallest absolute Gasteiger partial charge is 0.240 e. The summed E-state index contributed by atoms with van der Waals surface area (Å²) in [5.74, 6) is 0. The maximum atomic E-state index is 11.7. The van der Waals surface area contributed by atoms with E-state index >= 15 is 0 Å². The Bertz CT molecular complexity index is 676. The van der Waals surface area contributed by atoms with E-state index in [0.29, 0.717) is 11.4 Å². The summed E-state index contributed by atoms with van der Waals surface area (Å²) in [7, 11) is -2.12. The highest BCUT2D eigenvalue weighted by atomic mass is 32.2. The second-order valence-corrected chi connectivity index (χ2v) is 5.72. The Morgan fingerprint density at radius 1 is 1.33 bits per heavy atom. The minimum atomic E-state index is -3.49. The molecule has 6 nitrogen and oxygen atoms in total. The molecule has 1 aromatic carbocycles. The highest BCUT2D eigenvalue weighted by Crippen LogP contribution is 2.21. The molecular weight excluding hydrogens is 252 g/mol. The van der Waals surface area contributed by atoms with Crippen molar-refractivity contribution in [2.75, 3.05) is 12.8 Å². The molecule has 0 atom stereocenters. The minimum Gasteiger partial charge on any atom is -0.397 e. The second kappa shape index (κ2) is 4.43. The summed E-state index contributed by atoms with van der Waals surface area (Å²) in [6.45, 7) is 1.85. The number of nitrogens with one attached hydrogen (secondary N) is 1. The molecule has 1 aromatic heterocycles. The molecule has 0 aliphatic heterocycles. The van der Waals surface area contributed by atoms with Crippen LogP contribution in [0.5, 0.6) is 0 Å². The van der Waals surface area contributed by atoms with Crippen LogP contribution in [0.15, 0.2) is 35.4 Å². The molecule has 0 saturated carbocycles. The summed E-state index contributed by atoms with van der Waals surface area (Å²) in [6.07, 6.45) is 1.73. The largest absolute Gasteiger partial charge is 0.397 e. The molecule has 0 spiro atoms. The maximum absolute atomic E-state index is 11.7. The van der Waals surface area contributed by atoms with E-state index in [0.717, 1.165) is 5.69 Å². The van der Waals surface area contributed by atoms with Gasteiger partial charge in [0.2, 0.25) is 10.0 Å². The summed E-state index contributed by atoms with van der Waals surface area (Å²) in [4.78, 5) is 0.155. The molecule has 0 fully saturated rings. The lowest BCUT2D eigenvalue weighted by atomic mass is 10.3. The number of nitrogens with two attached hydrogens (primary N) is 1. The topological polar surface area (TPSA) is 90.0 Å². The van der Waals surface area contributed by atoms with E-state index in [-0.39, 0.29) is 4.90 Å². The average Bonchev–Trinajstić information content (AvgIpc) is 2.76. The van der Waals surface area contributed by atoms with Gasteiger partial charge in [-0.15, -0.1) is 0 Å². The first-order valence-electron chi connectivity index (χ1n) is 5.30. The number of rotatable bonds is 3. The van der Waals surface area contributed by atoms with Gasteiger partial charge in [-0.1, -0.05) is 0 Å². The van der Waals surface area contributed by atoms with Gasteiger partial charge in [0.1, 0.15) is 0 Å². The third-order valence-corrected chi connectivity index (χ3v) is 3.96. The average molecular weight is 266 g/mol. The number of hydrogen-bond acceptors (Lipinski definition) is 4. The van der Waals surface area contributed by atoms with E-state index in [4.69, 9.17) is 5.73 Å². The Balaban J connectivity index is 2.59. The van der Waals surface area contributed by atoms with Gasteiger partial charge in [0, 0.05) is 6.20 Å². The monoisotopic (exact) mass is 266 g/mol. The highest BCUT2D eigenvalue weighted by molar-refractivity contribution is 7.89. The van der Waals surface area contributed by atoms with E-state index in [9.17, 15) is 8.42 Å². The first-order valence-corrected chi connectivity index (χ1v) is 6.78. The standard InChI is InChI=1S/C11H14N4O2S/c1-8-5-6-15(14-8)11-7-9(3-4-10(11)12)18(16,17)13-2/h3-7,13H,12H2,1-2H3. The third-order valence-electron chi connectivity index (χ3n) is 2.55. The van der Waals surface area contributed by atoms with Crippen LogP contribution in [-0.2, 0) is 10.0 Å². The van der Waals surface area contributed by atoms with Crippen LogP contribution in [0.2, 0.25) is 0 Å². The Morgan fingerprint density at radius 2 is 2.06 bits per heavy atom. The van der Waals surface area contributed by atoms with Crippen molar-refractivity contribution in [3.05, 3.63) is 36.2 Å². The zero-order valence-corrected chi connectivity index (χ0v) is 10.9. The number of aromatic nitrogens is 2. The van der Waals surface area contributed by atoms with Crippen LogP contribution < -0.4 is 10.5 Å². The summed E-state index contributed by atoms with van der Waals surface area (Å²) in [5, 5.41) is 4.21. The fourth-order valence-electron chi connectivity index (χ4n) is 1.56. The molecule has 0 amide bonds. The summed E-state index contributed by atoms with van der Waals surface area (Å²) < 4.78 is 27.3. The van der Waals surface area contributed by atoms with Crippen molar-refractivity contribution in [1.82, 2.24) is 14.5 Å². The van der Waals surface area contributed by atoms with Crippen molar-refractivity contribution in [2.45, 2.75) is 11.8 Å². The predicted octanol–water partition coefficient (Wildman–Crippen LogP) is 0.671. The zero-order valence-electron chi connectivity index (χ0n) is 10.1. The summed E-state index contributed by atoms with van der Waals surface area (Å²) in [6, 6.07) is 6.32. The SMILES string of the molecule is CNS(=O)(=O)c1ccc(N)c(-n2ccc(C)n2)c1. The van der Waals surface area contributed by atoms with Crippen LogP contribution in [-0.4, -0.2) is 25.2 Å². The Morgan fingerprint density at radius 3 is 2.61 bits per heavy atom. The Labute approximate surface area is 105 Å². The van der Waals surface area contributed by atoms with Crippen LogP contribution in [0.3, 0.4) is 0 Å². The maximum Gasteiger partial charge on any atom is 0.240 e. The number of nitrogen functional groups attached to an aromatic ring is 1. The van der Waals surface area contributed by atoms with Gasteiger partial charge in [-0.2, -0.15) is 5.10 Å². The number of sulfonamides is 1. The second-order valence-electron chi connectivity index (χ2n) is 3.83. The molecule has 96 valence electrons. The molecule has 7 heteroatoms. The van der Waals surface area contributed by atoms with Crippen LogP contribution in [0.25, 0.3) is 5.69 Å². The van der Waals surface area contributed by atoms with Gasteiger partial charge in [-0.3, -0.25) is 0 Å². The van der Waals surface area contributed by atoms with Gasteiger partial charge in [0.15, 0.2) is 0 Å². The lowest BCUT2D eigenvalue weighted by Gasteiger charge is -2.09. The Kier molecular flexibility index (Phi) is 3.10. The molecule has 0 radical (unpaired) electrons. The first-order chi connectivity index (χ1) is 8.44. The third kappa shape index (κ3) is 2.22. The van der Waals surface area contributed by atoms with Gasteiger partial charge in [-0.25, -0.2) is 17.8 Å². The number of anilines is 1. The molecular formula is C11H14N4O2S. The summed E-state index contributed by atoms with van der Waals surface area (Å²) >= 11 is 0. The molecule has 0 aliphatic carbocycles. The molecule has 2 rings (SSSR count). The van der Waals surface area contributed by atoms with Crippen LogP contribution in [0.1, 0.15) is 5.69 Å². The lowest BCUT2D eigenvalue weighted by molar-refractivity contribution is 0.588. The molecule has 2 aromatic rings. The van der Waals surface area contributed by atoms with Crippen molar-refractivity contribution in [1.29, 1.82) is 0 Å². The molecule has 0 unspecified atom stereocenters. The highest BCUT2D eigenvalue weighted by Gasteiger charge is 2.14. The van der Waals surface area contributed by atoms with Crippen LogP contribution >= 0.6 is 0 Å². The van der Waals surface area contributed by atoms with Gasteiger partial charge >= 0.3 is 0 Å². The van der Waals surface area contributed by atoms with Gasteiger partial charge in [-0.05, 0) is 38.2 Å². The van der Waals surface area contributed by atoms with E-state index < -0.39 is 10.0 Å². The molecule has 0 bridgehead atoms. The number of hydrogen-bond donors (Lipinski definition) is 2. The van der Waals surface area contributed by atoms with Crippen molar-refractivity contribution in [2.24, 2.45) is 0 Å². The normalized spacial score (nSPS) is 11.7. The molecule has 0 saturated heterocycles. The van der Waals surface area contributed by atoms with Gasteiger partial charge in [0.25, 0.3) is 0 Å². The lowest BCUT2D eigenvalue weighted by Crippen LogP contribution is -2.19. The first kappa shape index (κ1) is 12.6. The van der Waals surface area contributed by atoms with E-state index in [1.807, 2.05) is 13.0 Å². The molecule has 1 heterocycles.